The molecule has 0 bridgehead atoms. The van der Waals surface area contributed by atoms with E-state index in [2.05, 4.69) is 6.92 Å². The van der Waals surface area contributed by atoms with Gasteiger partial charge in [-0.25, -0.2) is 4.79 Å². The molecule has 0 saturated heterocycles. The van der Waals surface area contributed by atoms with Gasteiger partial charge in [-0.2, -0.15) is 5.10 Å². The highest BCUT2D eigenvalue weighted by Crippen LogP contribution is 2.38. The average molecular weight is 393 g/mol. The highest BCUT2D eigenvalue weighted by atomic mass is 35.5. The summed E-state index contributed by atoms with van der Waals surface area (Å²) < 4.78 is 5.17. The molecule has 0 saturated carbocycles. The number of nitrogens with zero attached hydrogens (tertiary/aromatic N) is 2. The third-order valence-electron chi connectivity index (χ3n) is 4.23. The van der Waals surface area contributed by atoms with Crippen LogP contribution >= 0.6 is 23.2 Å². The second-order valence-electron chi connectivity index (χ2n) is 5.93. The second-order valence-corrected chi connectivity index (χ2v) is 6.69. The summed E-state index contributed by atoms with van der Waals surface area (Å²) in [6.07, 6.45) is 0.910. The first-order chi connectivity index (χ1) is 12.5. The maximum Gasteiger partial charge on any atom is 0.341 e. The number of hydrogen-bond donors (Lipinski definition) is 1. The molecule has 2 aromatic rings. The van der Waals surface area contributed by atoms with Crippen molar-refractivity contribution in [1.29, 1.82) is 0 Å². The molecule has 0 fully saturated rings. The molecule has 0 aromatic heterocycles. The monoisotopic (exact) mass is 392 g/mol. The molecule has 2 aromatic carbocycles. The van der Waals surface area contributed by atoms with Gasteiger partial charge in [0.05, 0.1) is 23.0 Å². The van der Waals surface area contributed by atoms with Gasteiger partial charge in [0.15, 0.2) is 6.61 Å². The van der Waals surface area contributed by atoms with E-state index in [0.29, 0.717) is 5.02 Å². The molecule has 1 atom stereocenters. The van der Waals surface area contributed by atoms with Crippen LogP contribution in [0.4, 0.5) is 5.69 Å². The number of anilines is 1. The predicted molar refractivity (Wildman–Crippen MR) is 104 cm³/mol. The lowest BCUT2D eigenvalue weighted by Crippen LogP contribution is -2.19. The molecule has 0 aliphatic carbocycles. The molecule has 1 N–H and O–H groups in total. The van der Waals surface area contributed by atoms with E-state index in [9.17, 15) is 4.79 Å². The lowest BCUT2D eigenvalue weighted by atomic mass is 9.95. The zero-order chi connectivity index (χ0) is 18.7. The minimum Gasteiger partial charge on any atom is -0.480 e. The first kappa shape index (κ1) is 18.5. The fourth-order valence-electron chi connectivity index (χ4n) is 2.89. The van der Waals surface area contributed by atoms with Gasteiger partial charge in [0.1, 0.15) is 10.8 Å². The predicted octanol–water partition coefficient (Wildman–Crippen LogP) is 4.71. The van der Waals surface area contributed by atoms with Gasteiger partial charge in [0, 0.05) is 11.5 Å². The Morgan fingerprint density at radius 3 is 2.62 bits per heavy atom. The van der Waals surface area contributed by atoms with Crippen LogP contribution in [0, 0.1) is 5.92 Å². The maximum absolute atomic E-state index is 10.7. The Balaban J connectivity index is 1.93. The van der Waals surface area contributed by atoms with Gasteiger partial charge in [-0.1, -0.05) is 48.3 Å². The van der Waals surface area contributed by atoms with Crippen molar-refractivity contribution in [3.8, 4) is 5.75 Å². The van der Waals surface area contributed by atoms with Crippen molar-refractivity contribution in [3.05, 3.63) is 58.1 Å². The lowest BCUT2D eigenvalue weighted by molar-refractivity contribution is -0.139. The summed E-state index contributed by atoms with van der Waals surface area (Å²) >= 11 is 12.7. The standard InChI is InChI=1S/C19H18Cl2N2O3/c1-2-12-10-23(13-6-4-3-5-7-13)22-19(12)14-8-9-15(18(21)17(14)20)26-11-16(24)25/h3-9,12H,2,10-11H2,1H3,(H,24,25). The van der Waals surface area contributed by atoms with Gasteiger partial charge in [-0.3, -0.25) is 5.01 Å². The van der Waals surface area contributed by atoms with Crippen molar-refractivity contribution in [2.45, 2.75) is 13.3 Å². The van der Waals surface area contributed by atoms with Crippen LogP contribution in [0.2, 0.25) is 10.0 Å². The van der Waals surface area contributed by atoms with E-state index in [4.69, 9.17) is 38.1 Å². The van der Waals surface area contributed by atoms with Crippen LogP contribution in [0.25, 0.3) is 0 Å². The van der Waals surface area contributed by atoms with Crippen LogP contribution in [0.1, 0.15) is 18.9 Å². The molecule has 1 unspecified atom stereocenters. The topological polar surface area (TPSA) is 62.1 Å². The van der Waals surface area contributed by atoms with E-state index in [0.717, 1.165) is 29.9 Å². The molecule has 3 rings (SSSR count). The number of ether oxygens (including phenoxy) is 1. The molecular formula is C19H18Cl2N2O3. The van der Waals surface area contributed by atoms with Crippen LogP contribution in [0.5, 0.6) is 5.75 Å². The summed E-state index contributed by atoms with van der Waals surface area (Å²) in [5.74, 6) is -0.616. The van der Waals surface area contributed by atoms with E-state index in [-0.39, 0.29) is 16.7 Å². The fraction of sp³-hybridized carbons (Fsp3) is 0.263. The Labute approximate surface area is 161 Å². The Morgan fingerprint density at radius 1 is 1.23 bits per heavy atom. The number of aliphatic carboxylic acids is 1. The van der Waals surface area contributed by atoms with Crippen LogP contribution in [-0.4, -0.2) is 29.9 Å². The third kappa shape index (κ3) is 3.79. The molecule has 1 aliphatic heterocycles. The zero-order valence-electron chi connectivity index (χ0n) is 14.2. The molecule has 136 valence electrons. The summed E-state index contributed by atoms with van der Waals surface area (Å²) in [6.45, 7) is 2.39. The molecule has 7 heteroatoms. The van der Waals surface area contributed by atoms with Gasteiger partial charge < -0.3 is 9.84 Å². The number of hydrazone groups is 1. The summed E-state index contributed by atoms with van der Waals surface area (Å²) in [5.41, 5.74) is 2.63. The Morgan fingerprint density at radius 2 is 1.96 bits per heavy atom. The number of carbonyl (C=O) groups is 1. The SMILES string of the molecule is CCC1CN(c2ccccc2)N=C1c1ccc(OCC(=O)O)c(Cl)c1Cl. The first-order valence-electron chi connectivity index (χ1n) is 8.25. The second kappa shape index (κ2) is 7.98. The third-order valence-corrected chi connectivity index (χ3v) is 5.09. The van der Waals surface area contributed by atoms with Gasteiger partial charge in [-0.15, -0.1) is 0 Å². The van der Waals surface area contributed by atoms with Crippen molar-refractivity contribution in [3.63, 3.8) is 0 Å². The molecule has 0 radical (unpaired) electrons. The van der Waals surface area contributed by atoms with Crippen LogP contribution in [0.3, 0.4) is 0 Å². The number of rotatable bonds is 6. The van der Waals surface area contributed by atoms with Crippen LogP contribution in [0.15, 0.2) is 47.6 Å². The van der Waals surface area contributed by atoms with Crippen molar-refractivity contribution in [2.24, 2.45) is 11.0 Å². The van der Waals surface area contributed by atoms with E-state index in [1.54, 1.807) is 12.1 Å². The van der Waals surface area contributed by atoms with E-state index >= 15 is 0 Å². The number of carboxylic acid groups (broad SMARTS) is 1. The van der Waals surface area contributed by atoms with Crippen LogP contribution in [-0.2, 0) is 4.79 Å². The van der Waals surface area contributed by atoms with Crippen molar-refractivity contribution in [1.82, 2.24) is 0 Å². The Kier molecular flexibility index (Phi) is 5.69. The number of halogens is 2. The quantitative estimate of drug-likeness (QED) is 0.772. The summed E-state index contributed by atoms with van der Waals surface area (Å²) in [7, 11) is 0. The first-order valence-corrected chi connectivity index (χ1v) is 9.01. The molecule has 1 aliphatic rings. The minimum atomic E-state index is -1.08. The molecule has 26 heavy (non-hydrogen) atoms. The highest BCUT2D eigenvalue weighted by Gasteiger charge is 2.29. The molecule has 0 spiro atoms. The summed E-state index contributed by atoms with van der Waals surface area (Å²) in [5, 5.41) is 16.0. The summed E-state index contributed by atoms with van der Waals surface area (Å²) in [4.78, 5) is 10.7. The fourth-order valence-corrected chi connectivity index (χ4v) is 3.36. The molecule has 1 heterocycles. The molecule has 5 nitrogen and oxygen atoms in total. The summed E-state index contributed by atoms with van der Waals surface area (Å²) in [6, 6.07) is 13.3. The average Bonchev–Trinajstić information content (AvgIpc) is 3.07. The molecule has 0 amide bonds. The zero-order valence-corrected chi connectivity index (χ0v) is 15.7. The van der Waals surface area contributed by atoms with E-state index in [1.807, 2.05) is 35.3 Å². The van der Waals surface area contributed by atoms with Gasteiger partial charge in [0.2, 0.25) is 0 Å². The van der Waals surface area contributed by atoms with Gasteiger partial charge in [-0.05, 0) is 30.7 Å². The minimum absolute atomic E-state index is 0.195. The van der Waals surface area contributed by atoms with E-state index in [1.165, 1.54) is 0 Å². The van der Waals surface area contributed by atoms with Crippen molar-refractivity contribution >= 4 is 40.6 Å². The van der Waals surface area contributed by atoms with Crippen LogP contribution < -0.4 is 9.75 Å². The lowest BCUT2D eigenvalue weighted by Gasteiger charge is -2.15. The van der Waals surface area contributed by atoms with Crippen molar-refractivity contribution < 1.29 is 14.6 Å². The maximum atomic E-state index is 10.7. The molecular weight excluding hydrogens is 375 g/mol. The number of benzene rings is 2. The normalized spacial score (nSPS) is 16.5. The Bertz CT molecular complexity index is 840. The number of hydrogen-bond acceptors (Lipinski definition) is 4. The number of carboxylic acids is 1. The van der Waals surface area contributed by atoms with E-state index < -0.39 is 12.6 Å². The Hall–Kier alpha value is -2.24. The largest absolute Gasteiger partial charge is 0.480 e. The van der Waals surface area contributed by atoms with Crippen molar-refractivity contribution in [2.75, 3.05) is 18.2 Å². The number of para-hydroxylation sites is 1. The van der Waals surface area contributed by atoms with Gasteiger partial charge >= 0.3 is 5.97 Å². The van der Waals surface area contributed by atoms with Gasteiger partial charge in [0.25, 0.3) is 0 Å². The smallest absolute Gasteiger partial charge is 0.341 e. The highest BCUT2D eigenvalue weighted by molar-refractivity contribution is 6.45.